The summed E-state index contributed by atoms with van der Waals surface area (Å²) in [5, 5.41) is 6.31. The van der Waals surface area contributed by atoms with Crippen molar-refractivity contribution < 1.29 is 9.53 Å². The summed E-state index contributed by atoms with van der Waals surface area (Å²) in [6.07, 6.45) is -0.252. The standard InChI is InChI=1S/C20H16N2O2/c23-20-17-8-4-5-9-18(17)21-19(22-20)14-10-12-16(13-11-14)24-15-6-2-1-3-7-15/h1-13,19,21H,(H,22,23). The van der Waals surface area contributed by atoms with Crippen LogP contribution in [-0.2, 0) is 0 Å². The Hall–Kier alpha value is -3.27. The highest BCUT2D eigenvalue weighted by Gasteiger charge is 2.23. The third kappa shape index (κ3) is 2.82. The normalized spacial score (nSPS) is 15.8. The van der Waals surface area contributed by atoms with Crippen molar-refractivity contribution in [2.75, 3.05) is 5.32 Å². The molecule has 1 aliphatic rings. The number of benzene rings is 3. The zero-order valence-electron chi connectivity index (χ0n) is 12.9. The van der Waals surface area contributed by atoms with E-state index in [1.54, 1.807) is 0 Å². The first-order chi connectivity index (χ1) is 11.8. The quantitative estimate of drug-likeness (QED) is 0.756. The molecule has 4 nitrogen and oxygen atoms in total. The molecule has 3 aromatic carbocycles. The fourth-order valence-electron chi connectivity index (χ4n) is 2.73. The minimum atomic E-state index is -0.252. The van der Waals surface area contributed by atoms with Crippen LogP contribution in [0.15, 0.2) is 78.9 Å². The Morgan fingerprint density at radius 3 is 2.17 bits per heavy atom. The van der Waals surface area contributed by atoms with Gasteiger partial charge < -0.3 is 15.4 Å². The topological polar surface area (TPSA) is 50.4 Å². The van der Waals surface area contributed by atoms with Crippen LogP contribution >= 0.6 is 0 Å². The molecule has 4 heteroatoms. The second-order valence-corrected chi connectivity index (χ2v) is 5.58. The third-order valence-electron chi connectivity index (χ3n) is 3.94. The molecule has 2 N–H and O–H groups in total. The zero-order chi connectivity index (χ0) is 16.4. The molecule has 3 aromatic rings. The summed E-state index contributed by atoms with van der Waals surface area (Å²) in [6.45, 7) is 0. The van der Waals surface area contributed by atoms with E-state index in [9.17, 15) is 4.79 Å². The molecule has 1 atom stereocenters. The lowest BCUT2D eigenvalue weighted by Crippen LogP contribution is -2.38. The summed E-state index contributed by atoms with van der Waals surface area (Å²) in [5.74, 6) is 1.48. The molecule has 24 heavy (non-hydrogen) atoms. The van der Waals surface area contributed by atoms with Crippen molar-refractivity contribution in [3.05, 3.63) is 90.0 Å². The van der Waals surface area contributed by atoms with Crippen LogP contribution in [0.25, 0.3) is 0 Å². The lowest BCUT2D eigenvalue weighted by atomic mass is 10.1. The van der Waals surface area contributed by atoms with E-state index in [0.717, 1.165) is 22.7 Å². The second kappa shape index (κ2) is 6.08. The van der Waals surface area contributed by atoms with Crippen LogP contribution in [0.2, 0.25) is 0 Å². The Kier molecular flexibility index (Phi) is 3.63. The summed E-state index contributed by atoms with van der Waals surface area (Å²) < 4.78 is 5.79. The number of anilines is 1. The van der Waals surface area contributed by atoms with Crippen LogP contribution in [0, 0.1) is 0 Å². The number of fused-ring (bicyclic) bond motifs is 1. The molecule has 4 rings (SSSR count). The van der Waals surface area contributed by atoms with E-state index in [-0.39, 0.29) is 12.1 Å². The van der Waals surface area contributed by atoms with Gasteiger partial charge in [-0.3, -0.25) is 4.79 Å². The van der Waals surface area contributed by atoms with Gasteiger partial charge in [0.2, 0.25) is 0 Å². The van der Waals surface area contributed by atoms with Crippen molar-refractivity contribution in [3.63, 3.8) is 0 Å². The Labute approximate surface area is 140 Å². The maximum atomic E-state index is 12.2. The van der Waals surface area contributed by atoms with Crippen LogP contribution in [0.5, 0.6) is 11.5 Å². The van der Waals surface area contributed by atoms with Gasteiger partial charge in [-0.25, -0.2) is 0 Å². The molecule has 0 fully saturated rings. The Morgan fingerprint density at radius 1 is 0.708 bits per heavy atom. The van der Waals surface area contributed by atoms with E-state index in [1.165, 1.54) is 0 Å². The van der Waals surface area contributed by atoms with Crippen LogP contribution in [0.4, 0.5) is 5.69 Å². The van der Waals surface area contributed by atoms with Crippen LogP contribution < -0.4 is 15.4 Å². The Balaban J connectivity index is 1.53. The summed E-state index contributed by atoms with van der Waals surface area (Å²) in [6, 6.07) is 24.8. The first-order valence-corrected chi connectivity index (χ1v) is 7.79. The van der Waals surface area contributed by atoms with E-state index >= 15 is 0 Å². The predicted molar refractivity (Wildman–Crippen MR) is 93.2 cm³/mol. The van der Waals surface area contributed by atoms with Gasteiger partial charge in [-0.1, -0.05) is 42.5 Å². The molecule has 1 amide bonds. The minimum Gasteiger partial charge on any atom is -0.457 e. The van der Waals surface area contributed by atoms with Gasteiger partial charge in [0.15, 0.2) is 0 Å². The number of rotatable bonds is 3. The molecule has 1 aliphatic heterocycles. The molecule has 118 valence electrons. The number of amides is 1. The van der Waals surface area contributed by atoms with Crippen molar-refractivity contribution in [1.29, 1.82) is 0 Å². The first-order valence-electron chi connectivity index (χ1n) is 7.79. The van der Waals surface area contributed by atoms with Gasteiger partial charge in [-0.15, -0.1) is 0 Å². The highest BCUT2D eigenvalue weighted by molar-refractivity contribution is 6.01. The Morgan fingerprint density at radius 2 is 1.38 bits per heavy atom. The van der Waals surface area contributed by atoms with E-state index < -0.39 is 0 Å². The molecule has 0 radical (unpaired) electrons. The summed E-state index contributed by atoms with van der Waals surface area (Å²) in [5.41, 5.74) is 2.48. The third-order valence-corrected chi connectivity index (χ3v) is 3.94. The second-order valence-electron chi connectivity index (χ2n) is 5.58. The van der Waals surface area contributed by atoms with Crippen LogP contribution in [0.1, 0.15) is 22.1 Å². The van der Waals surface area contributed by atoms with Crippen molar-refractivity contribution >= 4 is 11.6 Å². The van der Waals surface area contributed by atoms with Gasteiger partial charge in [0, 0.05) is 5.69 Å². The highest BCUT2D eigenvalue weighted by Crippen LogP contribution is 2.28. The van der Waals surface area contributed by atoms with Gasteiger partial charge in [0.25, 0.3) is 5.91 Å². The number of ether oxygens (including phenoxy) is 1. The van der Waals surface area contributed by atoms with E-state index in [1.807, 2.05) is 78.9 Å². The lowest BCUT2D eigenvalue weighted by Gasteiger charge is -2.28. The summed E-state index contributed by atoms with van der Waals surface area (Å²) in [4.78, 5) is 12.2. The number of carbonyl (C=O) groups excluding carboxylic acids is 1. The van der Waals surface area contributed by atoms with E-state index in [0.29, 0.717) is 5.56 Å². The largest absolute Gasteiger partial charge is 0.457 e. The molecule has 0 spiro atoms. The van der Waals surface area contributed by atoms with Gasteiger partial charge in [-0.2, -0.15) is 0 Å². The molecule has 0 saturated carbocycles. The van der Waals surface area contributed by atoms with Gasteiger partial charge >= 0.3 is 0 Å². The molecule has 0 aromatic heterocycles. The molecule has 1 unspecified atom stereocenters. The lowest BCUT2D eigenvalue weighted by molar-refractivity contribution is 0.0935. The molecule has 0 saturated heterocycles. The monoisotopic (exact) mass is 316 g/mol. The van der Waals surface area contributed by atoms with Crippen molar-refractivity contribution in [2.45, 2.75) is 6.17 Å². The molecule has 1 heterocycles. The molecular weight excluding hydrogens is 300 g/mol. The van der Waals surface area contributed by atoms with E-state index in [2.05, 4.69) is 10.6 Å². The number of para-hydroxylation sites is 2. The fourth-order valence-corrected chi connectivity index (χ4v) is 2.73. The molecule has 0 aliphatic carbocycles. The summed E-state index contributed by atoms with van der Waals surface area (Å²) in [7, 11) is 0. The fraction of sp³-hybridized carbons (Fsp3) is 0.0500. The van der Waals surface area contributed by atoms with Gasteiger partial charge in [-0.05, 0) is 42.0 Å². The average molecular weight is 316 g/mol. The maximum absolute atomic E-state index is 12.2. The first kappa shape index (κ1) is 14.3. The zero-order valence-corrected chi connectivity index (χ0v) is 12.9. The maximum Gasteiger partial charge on any atom is 0.255 e. The number of nitrogens with one attached hydrogen (secondary N) is 2. The summed E-state index contributed by atoms with van der Waals surface area (Å²) >= 11 is 0. The highest BCUT2D eigenvalue weighted by atomic mass is 16.5. The van der Waals surface area contributed by atoms with Crippen molar-refractivity contribution in [3.8, 4) is 11.5 Å². The van der Waals surface area contributed by atoms with Gasteiger partial charge in [0.1, 0.15) is 17.7 Å². The Bertz CT molecular complexity index is 860. The minimum absolute atomic E-state index is 0.0704. The predicted octanol–water partition coefficient (Wildman–Crippen LogP) is 4.33. The molecular formula is C20H16N2O2. The van der Waals surface area contributed by atoms with E-state index in [4.69, 9.17) is 4.74 Å². The van der Waals surface area contributed by atoms with Gasteiger partial charge in [0.05, 0.1) is 5.56 Å². The van der Waals surface area contributed by atoms with Crippen molar-refractivity contribution in [1.82, 2.24) is 5.32 Å². The molecule has 0 bridgehead atoms. The van der Waals surface area contributed by atoms with Crippen molar-refractivity contribution in [2.24, 2.45) is 0 Å². The van der Waals surface area contributed by atoms with Crippen LogP contribution in [0.3, 0.4) is 0 Å². The van der Waals surface area contributed by atoms with Crippen LogP contribution in [-0.4, -0.2) is 5.91 Å². The smallest absolute Gasteiger partial charge is 0.255 e. The average Bonchev–Trinajstić information content (AvgIpc) is 2.63. The number of hydrogen-bond donors (Lipinski definition) is 2. The SMILES string of the molecule is O=C1NC(c2ccc(Oc3ccccc3)cc2)Nc2ccccc21. The number of hydrogen-bond acceptors (Lipinski definition) is 3. The number of carbonyl (C=O) groups is 1.